The molecule has 0 saturated carbocycles. The highest BCUT2D eigenvalue weighted by Gasteiger charge is 2.20. The lowest BCUT2D eigenvalue weighted by molar-refractivity contribution is 0.0468. The van der Waals surface area contributed by atoms with Crippen LogP contribution in [0.3, 0.4) is 0 Å². The van der Waals surface area contributed by atoms with Crippen molar-refractivity contribution in [1.82, 2.24) is 4.31 Å². The Morgan fingerprint density at radius 1 is 1.04 bits per heavy atom. The number of rotatable bonds is 6. The van der Waals surface area contributed by atoms with Crippen molar-refractivity contribution >= 4 is 32.7 Å². The minimum Gasteiger partial charge on any atom is -0.454 e. The number of nitrogens with zero attached hydrogens (tertiary/aromatic N) is 1. The third kappa shape index (κ3) is 3.91. The number of Topliss-reactive ketones (excluding diaryl/α,β-unsaturated/α-hetero) is 1. The van der Waals surface area contributed by atoms with E-state index in [0.29, 0.717) is 5.58 Å². The Labute approximate surface area is 156 Å². The average molecular weight is 387 g/mol. The Kier molecular flexibility index (Phi) is 5.11. The van der Waals surface area contributed by atoms with Gasteiger partial charge in [-0.2, -0.15) is 0 Å². The number of hydrogen-bond acceptors (Lipinski definition) is 6. The molecule has 0 atom stereocenters. The second-order valence-electron chi connectivity index (χ2n) is 5.96. The van der Waals surface area contributed by atoms with Gasteiger partial charge in [0.2, 0.25) is 15.8 Å². The van der Waals surface area contributed by atoms with Gasteiger partial charge in [-0.25, -0.2) is 17.5 Å². The van der Waals surface area contributed by atoms with E-state index in [4.69, 9.17) is 9.15 Å². The Balaban J connectivity index is 1.71. The first-order valence-electron chi connectivity index (χ1n) is 8.00. The van der Waals surface area contributed by atoms with E-state index >= 15 is 0 Å². The normalized spacial score (nSPS) is 11.7. The zero-order chi connectivity index (χ0) is 19.6. The molecule has 0 bridgehead atoms. The summed E-state index contributed by atoms with van der Waals surface area (Å²) in [6.07, 6.45) is 0. The number of carbonyl (C=O) groups excluding carboxylic acids is 2. The van der Waals surface area contributed by atoms with Crippen LogP contribution >= 0.6 is 0 Å². The van der Waals surface area contributed by atoms with Crippen LogP contribution in [0.15, 0.2) is 63.9 Å². The summed E-state index contributed by atoms with van der Waals surface area (Å²) < 4.78 is 35.8. The third-order valence-corrected chi connectivity index (χ3v) is 5.69. The summed E-state index contributed by atoms with van der Waals surface area (Å²) in [6.45, 7) is -0.511. The number of furan rings is 1. The molecule has 0 saturated heterocycles. The Morgan fingerprint density at radius 2 is 1.78 bits per heavy atom. The Hall–Kier alpha value is -2.97. The zero-order valence-corrected chi connectivity index (χ0v) is 15.5. The predicted molar refractivity (Wildman–Crippen MR) is 98.1 cm³/mol. The summed E-state index contributed by atoms with van der Waals surface area (Å²) >= 11 is 0. The number of sulfonamides is 1. The van der Waals surface area contributed by atoms with E-state index in [-0.39, 0.29) is 16.2 Å². The van der Waals surface area contributed by atoms with Gasteiger partial charge in [-0.05, 0) is 30.3 Å². The fraction of sp³-hybridized carbons (Fsp3) is 0.158. The van der Waals surface area contributed by atoms with E-state index < -0.39 is 28.4 Å². The minimum absolute atomic E-state index is 0.0365. The predicted octanol–water partition coefficient (Wildman–Crippen LogP) is 2.72. The van der Waals surface area contributed by atoms with E-state index in [2.05, 4.69) is 0 Å². The van der Waals surface area contributed by atoms with Crippen LogP contribution < -0.4 is 0 Å². The van der Waals surface area contributed by atoms with Crippen molar-refractivity contribution in [2.24, 2.45) is 0 Å². The van der Waals surface area contributed by atoms with Crippen molar-refractivity contribution in [2.75, 3.05) is 20.7 Å². The summed E-state index contributed by atoms with van der Waals surface area (Å²) in [5.41, 5.74) is 0.601. The van der Waals surface area contributed by atoms with Crippen LogP contribution in [0.4, 0.5) is 0 Å². The van der Waals surface area contributed by atoms with Crippen molar-refractivity contribution in [1.29, 1.82) is 0 Å². The smallest absolute Gasteiger partial charge is 0.338 e. The maximum Gasteiger partial charge on any atom is 0.338 e. The van der Waals surface area contributed by atoms with Gasteiger partial charge in [0, 0.05) is 19.5 Å². The number of esters is 1. The summed E-state index contributed by atoms with van der Waals surface area (Å²) in [5.74, 6) is -1.19. The monoisotopic (exact) mass is 387 g/mol. The lowest BCUT2D eigenvalue weighted by Gasteiger charge is -2.12. The lowest BCUT2D eigenvalue weighted by Crippen LogP contribution is -2.22. The molecule has 0 spiro atoms. The van der Waals surface area contributed by atoms with E-state index in [9.17, 15) is 18.0 Å². The van der Waals surface area contributed by atoms with Gasteiger partial charge in [-0.15, -0.1) is 0 Å². The molecule has 0 aliphatic rings. The number of ketones is 1. The number of fused-ring (bicyclic) bond motifs is 1. The molecule has 1 heterocycles. The average Bonchev–Trinajstić information content (AvgIpc) is 3.10. The summed E-state index contributed by atoms with van der Waals surface area (Å²) in [7, 11) is -0.888. The molecule has 3 rings (SSSR count). The first-order valence-corrected chi connectivity index (χ1v) is 9.44. The molecule has 27 heavy (non-hydrogen) atoms. The third-order valence-electron chi connectivity index (χ3n) is 3.88. The number of para-hydroxylation sites is 1. The van der Waals surface area contributed by atoms with Crippen LogP contribution in [0.1, 0.15) is 20.9 Å². The lowest BCUT2D eigenvalue weighted by atomic mass is 10.2. The van der Waals surface area contributed by atoms with Gasteiger partial charge >= 0.3 is 5.97 Å². The second-order valence-corrected chi connectivity index (χ2v) is 8.11. The molecule has 0 fully saturated rings. The fourth-order valence-electron chi connectivity index (χ4n) is 2.40. The van der Waals surface area contributed by atoms with Crippen molar-refractivity contribution in [3.63, 3.8) is 0 Å². The highest BCUT2D eigenvalue weighted by molar-refractivity contribution is 7.89. The molecule has 8 heteroatoms. The number of benzene rings is 2. The topological polar surface area (TPSA) is 93.9 Å². The summed E-state index contributed by atoms with van der Waals surface area (Å²) in [6, 6.07) is 14.2. The molecule has 3 aromatic rings. The molecule has 7 nitrogen and oxygen atoms in total. The molecular formula is C19H17NO6S. The van der Waals surface area contributed by atoms with Crippen molar-refractivity contribution in [3.05, 3.63) is 65.9 Å². The summed E-state index contributed by atoms with van der Waals surface area (Å²) in [4.78, 5) is 24.3. The molecule has 0 aliphatic carbocycles. The molecule has 0 unspecified atom stereocenters. The van der Waals surface area contributed by atoms with E-state index in [1.165, 1.54) is 38.4 Å². The van der Waals surface area contributed by atoms with Gasteiger partial charge in [0.25, 0.3) is 0 Å². The molecule has 1 aromatic heterocycles. The maximum absolute atomic E-state index is 12.2. The molecule has 0 N–H and O–H groups in total. The van der Waals surface area contributed by atoms with Crippen LogP contribution in [-0.4, -0.2) is 45.2 Å². The minimum atomic E-state index is -3.68. The molecule has 2 aromatic carbocycles. The van der Waals surface area contributed by atoms with Crippen molar-refractivity contribution in [2.45, 2.75) is 4.90 Å². The van der Waals surface area contributed by atoms with Crippen LogP contribution in [-0.2, 0) is 14.8 Å². The first kappa shape index (κ1) is 18.8. The van der Waals surface area contributed by atoms with E-state index in [1.807, 2.05) is 6.07 Å². The Bertz CT molecular complexity index is 1080. The maximum atomic E-state index is 12.2. The molecule has 0 amide bonds. The van der Waals surface area contributed by atoms with Crippen LogP contribution in [0.25, 0.3) is 11.0 Å². The van der Waals surface area contributed by atoms with Gasteiger partial charge in [0.15, 0.2) is 12.4 Å². The number of ether oxygens (including phenoxy) is 1. The zero-order valence-electron chi connectivity index (χ0n) is 14.7. The van der Waals surface area contributed by atoms with Crippen LogP contribution in [0.2, 0.25) is 0 Å². The summed E-state index contributed by atoms with van der Waals surface area (Å²) in [5, 5.41) is 0.772. The first-order chi connectivity index (χ1) is 12.8. The second kappa shape index (κ2) is 7.34. The van der Waals surface area contributed by atoms with Gasteiger partial charge < -0.3 is 9.15 Å². The highest BCUT2D eigenvalue weighted by Crippen LogP contribution is 2.19. The van der Waals surface area contributed by atoms with Crippen molar-refractivity contribution in [3.8, 4) is 0 Å². The van der Waals surface area contributed by atoms with Gasteiger partial charge in [0.05, 0.1) is 10.5 Å². The van der Waals surface area contributed by atoms with Crippen LogP contribution in [0, 0.1) is 0 Å². The van der Waals surface area contributed by atoms with Gasteiger partial charge in [0.1, 0.15) is 5.58 Å². The molecule has 0 radical (unpaired) electrons. The van der Waals surface area contributed by atoms with E-state index in [1.54, 1.807) is 24.3 Å². The Morgan fingerprint density at radius 3 is 2.48 bits per heavy atom. The van der Waals surface area contributed by atoms with Gasteiger partial charge in [-0.1, -0.05) is 24.3 Å². The molecular weight excluding hydrogens is 370 g/mol. The standard InChI is InChI=1S/C19H17NO6S/c1-20(2)27(23,24)15-8-5-7-14(10-15)19(22)25-12-16(21)18-11-13-6-3-4-9-17(13)26-18/h3-11H,12H2,1-2H3. The largest absolute Gasteiger partial charge is 0.454 e. The van der Waals surface area contributed by atoms with Crippen LogP contribution in [0.5, 0.6) is 0 Å². The highest BCUT2D eigenvalue weighted by atomic mass is 32.2. The van der Waals surface area contributed by atoms with E-state index in [0.717, 1.165) is 9.69 Å². The number of hydrogen-bond donors (Lipinski definition) is 0. The quantitative estimate of drug-likeness (QED) is 0.477. The number of carbonyl (C=O) groups is 2. The SMILES string of the molecule is CN(C)S(=O)(=O)c1cccc(C(=O)OCC(=O)c2cc3ccccc3o2)c1. The van der Waals surface area contributed by atoms with Crippen molar-refractivity contribution < 1.29 is 27.2 Å². The molecule has 0 aliphatic heterocycles. The fourth-order valence-corrected chi connectivity index (χ4v) is 3.35. The van der Waals surface area contributed by atoms with Gasteiger partial charge in [-0.3, -0.25) is 4.79 Å². The molecule has 140 valence electrons.